The lowest BCUT2D eigenvalue weighted by Gasteiger charge is -2.20. The maximum atomic E-state index is 12.5. The lowest BCUT2D eigenvalue weighted by Crippen LogP contribution is -2.33. The van der Waals surface area contributed by atoms with E-state index in [0.717, 1.165) is 11.3 Å². The summed E-state index contributed by atoms with van der Waals surface area (Å²) in [7, 11) is 0. The van der Waals surface area contributed by atoms with Gasteiger partial charge >= 0.3 is 0 Å². The minimum Gasteiger partial charge on any atom is -0.347 e. The topological polar surface area (TPSA) is 68.9 Å². The van der Waals surface area contributed by atoms with Gasteiger partial charge in [0.1, 0.15) is 0 Å². The van der Waals surface area contributed by atoms with Gasteiger partial charge in [-0.3, -0.25) is 14.3 Å². The van der Waals surface area contributed by atoms with Gasteiger partial charge < -0.3 is 9.88 Å². The Hall–Kier alpha value is -3.15. The van der Waals surface area contributed by atoms with Crippen LogP contribution in [-0.2, 0) is 17.9 Å². The third-order valence-corrected chi connectivity index (χ3v) is 4.30. The zero-order chi connectivity index (χ0) is 18.4. The van der Waals surface area contributed by atoms with Crippen molar-refractivity contribution in [2.45, 2.75) is 32.5 Å². The molecule has 2 aromatic heterocycles. The van der Waals surface area contributed by atoms with Crippen LogP contribution in [0.3, 0.4) is 0 Å². The van der Waals surface area contributed by atoms with E-state index in [2.05, 4.69) is 10.4 Å². The van der Waals surface area contributed by atoms with Crippen LogP contribution in [0.15, 0.2) is 71.8 Å². The number of nitrogens with zero attached hydrogens (tertiary/aromatic N) is 3. The van der Waals surface area contributed by atoms with Gasteiger partial charge in [-0.15, -0.1) is 0 Å². The Kier molecular flexibility index (Phi) is 5.63. The van der Waals surface area contributed by atoms with Crippen LogP contribution in [0, 0.1) is 6.92 Å². The SMILES string of the molecule is Cc1cccc(=O)n1CCC(=O)N[C@@H](Cn1cccn1)c1ccccc1. The first-order valence-corrected chi connectivity index (χ1v) is 8.61. The summed E-state index contributed by atoms with van der Waals surface area (Å²) in [5.41, 5.74) is 1.78. The maximum Gasteiger partial charge on any atom is 0.250 e. The van der Waals surface area contributed by atoms with Gasteiger partial charge in [0.15, 0.2) is 0 Å². The average Bonchev–Trinajstić information content (AvgIpc) is 3.15. The quantitative estimate of drug-likeness (QED) is 0.711. The lowest BCUT2D eigenvalue weighted by atomic mass is 10.1. The van der Waals surface area contributed by atoms with Crippen LogP contribution in [0.1, 0.15) is 23.7 Å². The molecule has 1 amide bonds. The Balaban J connectivity index is 1.68. The first-order chi connectivity index (χ1) is 12.6. The van der Waals surface area contributed by atoms with E-state index < -0.39 is 0 Å². The van der Waals surface area contributed by atoms with Crippen molar-refractivity contribution in [2.75, 3.05) is 0 Å². The van der Waals surface area contributed by atoms with Crippen molar-refractivity contribution in [1.82, 2.24) is 19.7 Å². The van der Waals surface area contributed by atoms with Crippen LogP contribution < -0.4 is 10.9 Å². The van der Waals surface area contributed by atoms with Crippen molar-refractivity contribution in [3.8, 4) is 0 Å². The molecule has 0 aliphatic carbocycles. The van der Waals surface area contributed by atoms with Crippen molar-refractivity contribution in [1.29, 1.82) is 0 Å². The van der Waals surface area contributed by atoms with Gasteiger partial charge in [-0.2, -0.15) is 5.10 Å². The van der Waals surface area contributed by atoms with E-state index in [0.29, 0.717) is 13.1 Å². The molecule has 6 nitrogen and oxygen atoms in total. The fourth-order valence-electron chi connectivity index (χ4n) is 2.91. The number of rotatable bonds is 7. The summed E-state index contributed by atoms with van der Waals surface area (Å²) >= 11 is 0. The number of aromatic nitrogens is 3. The number of hydrogen-bond acceptors (Lipinski definition) is 3. The number of hydrogen-bond donors (Lipinski definition) is 1. The predicted molar refractivity (Wildman–Crippen MR) is 99.6 cm³/mol. The van der Waals surface area contributed by atoms with Crippen LogP contribution in [0.25, 0.3) is 0 Å². The monoisotopic (exact) mass is 350 g/mol. The molecule has 0 radical (unpaired) electrons. The van der Waals surface area contributed by atoms with Gasteiger partial charge in [0.05, 0.1) is 12.6 Å². The number of amides is 1. The lowest BCUT2D eigenvalue weighted by molar-refractivity contribution is -0.122. The first kappa shape index (κ1) is 17.7. The Morgan fingerprint density at radius 2 is 1.92 bits per heavy atom. The summed E-state index contributed by atoms with van der Waals surface area (Å²) in [4.78, 5) is 24.4. The molecule has 26 heavy (non-hydrogen) atoms. The molecule has 1 N–H and O–H groups in total. The van der Waals surface area contributed by atoms with E-state index in [1.807, 2.05) is 55.6 Å². The molecule has 0 spiro atoms. The third-order valence-electron chi connectivity index (χ3n) is 4.30. The van der Waals surface area contributed by atoms with E-state index in [-0.39, 0.29) is 23.9 Å². The molecule has 3 rings (SSSR count). The molecule has 0 aliphatic rings. The molecule has 134 valence electrons. The molecule has 6 heteroatoms. The Morgan fingerprint density at radius 3 is 2.62 bits per heavy atom. The van der Waals surface area contributed by atoms with Gasteiger partial charge in [0.2, 0.25) is 5.91 Å². The molecule has 3 aromatic rings. The van der Waals surface area contributed by atoms with Crippen LogP contribution in [0.4, 0.5) is 0 Å². The molecule has 0 unspecified atom stereocenters. The second kappa shape index (κ2) is 8.29. The number of nitrogens with one attached hydrogen (secondary N) is 1. The van der Waals surface area contributed by atoms with Gasteiger partial charge in [-0.1, -0.05) is 36.4 Å². The van der Waals surface area contributed by atoms with Crippen molar-refractivity contribution in [3.05, 3.63) is 88.6 Å². The van der Waals surface area contributed by atoms with Gasteiger partial charge in [0, 0.05) is 37.1 Å². The zero-order valence-corrected chi connectivity index (χ0v) is 14.7. The minimum atomic E-state index is -0.183. The molecule has 2 heterocycles. The second-order valence-electron chi connectivity index (χ2n) is 6.17. The van der Waals surface area contributed by atoms with Gasteiger partial charge in [-0.25, -0.2) is 0 Å². The Morgan fingerprint density at radius 1 is 1.12 bits per heavy atom. The highest BCUT2D eigenvalue weighted by Crippen LogP contribution is 2.15. The van der Waals surface area contributed by atoms with E-state index in [4.69, 9.17) is 0 Å². The van der Waals surface area contributed by atoms with E-state index >= 15 is 0 Å². The predicted octanol–water partition coefficient (Wildman–Crippen LogP) is 2.30. The van der Waals surface area contributed by atoms with Gasteiger partial charge in [-0.05, 0) is 24.6 Å². The largest absolute Gasteiger partial charge is 0.347 e. The normalized spacial score (nSPS) is 11.9. The molecular formula is C20H22N4O2. The highest BCUT2D eigenvalue weighted by atomic mass is 16.2. The molecule has 0 fully saturated rings. The summed E-state index contributed by atoms with van der Waals surface area (Å²) in [6.45, 7) is 2.78. The van der Waals surface area contributed by atoms with Crippen molar-refractivity contribution in [2.24, 2.45) is 0 Å². The molecule has 0 saturated carbocycles. The highest BCUT2D eigenvalue weighted by molar-refractivity contribution is 5.76. The Bertz CT molecular complexity index is 901. The molecule has 1 atom stereocenters. The van der Waals surface area contributed by atoms with E-state index in [1.165, 1.54) is 6.07 Å². The van der Waals surface area contributed by atoms with Crippen molar-refractivity contribution in [3.63, 3.8) is 0 Å². The number of aryl methyl sites for hydroxylation is 1. The number of pyridine rings is 1. The maximum absolute atomic E-state index is 12.5. The molecule has 0 saturated heterocycles. The van der Waals surface area contributed by atoms with E-state index in [1.54, 1.807) is 21.5 Å². The molecular weight excluding hydrogens is 328 g/mol. The number of carbonyl (C=O) groups excluding carboxylic acids is 1. The fraction of sp³-hybridized carbons (Fsp3) is 0.250. The van der Waals surface area contributed by atoms with Crippen LogP contribution >= 0.6 is 0 Å². The summed E-state index contributed by atoms with van der Waals surface area (Å²) in [6, 6.07) is 16.6. The van der Waals surface area contributed by atoms with E-state index in [9.17, 15) is 9.59 Å². The smallest absolute Gasteiger partial charge is 0.250 e. The number of carbonyl (C=O) groups is 1. The van der Waals surface area contributed by atoms with Crippen molar-refractivity contribution < 1.29 is 4.79 Å². The molecule has 1 aromatic carbocycles. The first-order valence-electron chi connectivity index (χ1n) is 8.61. The standard InChI is InChI=1S/C20H22N4O2/c1-16-7-5-10-20(26)24(16)14-11-19(25)22-18(15-23-13-6-12-21-23)17-8-3-2-4-9-17/h2-10,12-13,18H,11,14-15H2,1H3,(H,22,25)/t18-/m0/s1. The van der Waals surface area contributed by atoms with Crippen molar-refractivity contribution >= 4 is 5.91 Å². The summed E-state index contributed by atoms with van der Waals surface area (Å²) in [5, 5.41) is 7.29. The summed E-state index contributed by atoms with van der Waals surface area (Å²) in [5.74, 6) is -0.0961. The van der Waals surface area contributed by atoms with Crippen LogP contribution in [-0.4, -0.2) is 20.3 Å². The number of benzene rings is 1. The van der Waals surface area contributed by atoms with Gasteiger partial charge in [0.25, 0.3) is 5.56 Å². The summed E-state index contributed by atoms with van der Waals surface area (Å²) < 4.78 is 3.41. The fourth-order valence-corrected chi connectivity index (χ4v) is 2.91. The molecule has 0 aliphatic heterocycles. The van der Waals surface area contributed by atoms with Crippen LogP contribution in [0.2, 0.25) is 0 Å². The highest BCUT2D eigenvalue weighted by Gasteiger charge is 2.15. The summed E-state index contributed by atoms with van der Waals surface area (Å²) in [6.07, 6.45) is 3.83. The molecule has 0 bridgehead atoms. The van der Waals surface area contributed by atoms with Crippen LogP contribution in [0.5, 0.6) is 0 Å². The Labute approximate surface area is 152 Å². The average molecular weight is 350 g/mol. The second-order valence-corrected chi connectivity index (χ2v) is 6.17. The zero-order valence-electron chi connectivity index (χ0n) is 14.7. The third kappa shape index (κ3) is 4.47. The minimum absolute atomic E-state index is 0.0889.